The molecular weight excluding hydrogens is 401 g/mol. The van der Waals surface area contributed by atoms with Crippen molar-refractivity contribution in [3.63, 3.8) is 0 Å². The highest BCUT2D eigenvalue weighted by Crippen LogP contribution is 2.28. The van der Waals surface area contributed by atoms with E-state index in [-0.39, 0.29) is 18.5 Å². The number of nitrogens with two attached hydrogens (primary N) is 1. The van der Waals surface area contributed by atoms with Gasteiger partial charge in [0, 0.05) is 39.3 Å². The van der Waals surface area contributed by atoms with Crippen LogP contribution in [0.3, 0.4) is 0 Å². The predicted molar refractivity (Wildman–Crippen MR) is 109 cm³/mol. The summed E-state index contributed by atoms with van der Waals surface area (Å²) >= 11 is 0. The molecule has 2 fully saturated rings. The van der Waals surface area contributed by atoms with Crippen molar-refractivity contribution in [2.75, 3.05) is 68.4 Å². The van der Waals surface area contributed by atoms with Gasteiger partial charge in [0.1, 0.15) is 11.9 Å². The standard InChI is InChI=1S/C18H28FN5O4S/c1-29(26,27)21-5-2-6-22-7-9-23(10-8-22)17-4-3-14(11-16(17)19)24-13-15(12-20)28-18(24)25/h3-4,11,15,21H,2,5-10,12-13,20H2,1H3. The molecule has 1 unspecified atom stereocenters. The van der Waals surface area contributed by atoms with Crippen LogP contribution < -0.4 is 20.3 Å². The summed E-state index contributed by atoms with van der Waals surface area (Å²) in [6, 6.07) is 4.78. The summed E-state index contributed by atoms with van der Waals surface area (Å²) in [6.07, 6.45) is 0.998. The molecule has 0 aromatic heterocycles. The molecule has 1 aromatic rings. The van der Waals surface area contributed by atoms with Crippen molar-refractivity contribution in [1.82, 2.24) is 9.62 Å². The van der Waals surface area contributed by atoms with Gasteiger partial charge in [-0.1, -0.05) is 0 Å². The highest BCUT2D eigenvalue weighted by atomic mass is 32.2. The Balaban J connectivity index is 1.51. The number of nitrogens with one attached hydrogen (secondary N) is 1. The van der Waals surface area contributed by atoms with Crippen LogP contribution in [0.4, 0.5) is 20.6 Å². The zero-order chi connectivity index (χ0) is 21.0. The van der Waals surface area contributed by atoms with Crippen molar-refractivity contribution >= 4 is 27.5 Å². The first-order valence-corrected chi connectivity index (χ1v) is 11.6. The van der Waals surface area contributed by atoms with Crippen LogP contribution in [0.25, 0.3) is 0 Å². The Morgan fingerprint density at radius 2 is 2.00 bits per heavy atom. The van der Waals surface area contributed by atoms with Gasteiger partial charge in [-0.15, -0.1) is 0 Å². The van der Waals surface area contributed by atoms with Gasteiger partial charge >= 0.3 is 6.09 Å². The molecule has 11 heteroatoms. The van der Waals surface area contributed by atoms with Crippen LogP contribution in [0.2, 0.25) is 0 Å². The number of cyclic esters (lactones) is 1. The van der Waals surface area contributed by atoms with Crippen LogP contribution in [0.15, 0.2) is 18.2 Å². The number of nitrogens with zero attached hydrogens (tertiary/aromatic N) is 3. The first-order valence-electron chi connectivity index (χ1n) is 9.66. The van der Waals surface area contributed by atoms with E-state index < -0.39 is 16.1 Å². The molecule has 1 amide bonds. The summed E-state index contributed by atoms with van der Waals surface area (Å²) in [7, 11) is -3.15. The molecule has 29 heavy (non-hydrogen) atoms. The van der Waals surface area contributed by atoms with E-state index >= 15 is 0 Å². The third-order valence-corrected chi connectivity index (χ3v) is 5.84. The van der Waals surface area contributed by atoms with Gasteiger partial charge < -0.3 is 15.4 Å². The number of hydrogen-bond donors (Lipinski definition) is 2. The van der Waals surface area contributed by atoms with Crippen LogP contribution >= 0.6 is 0 Å². The Hall–Kier alpha value is -1.95. The molecular formula is C18H28FN5O4S. The summed E-state index contributed by atoms with van der Waals surface area (Å²) in [5.41, 5.74) is 6.51. The Bertz CT molecular complexity index is 830. The molecule has 1 atom stereocenters. The van der Waals surface area contributed by atoms with Crippen molar-refractivity contribution < 1.29 is 22.3 Å². The Morgan fingerprint density at radius 3 is 2.59 bits per heavy atom. The molecule has 0 aliphatic carbocycles. The maximum atomic E-state index is 14.7. The lowest BCUT2D eigenvalue weighted by Crippen LogP contribution is -2.47. The van der Waals surface area contributed by atoms with Crippen molar-refractivity contribution in [2.45, 2.75) is 12.5 Å². The fourth-order valence-corrected chi connectivity index (χ4v) is 4.06. The Morgan fingerprint density at radius 1 is 1.28 bits per heavy atom. The summed E-state index contributed by atoms with van der Waals surface area (Å²) < 4.78 is 44.5. The lowest BCUT2D eigenvalue weighted by Gasteiger charge is -2.36. The molecule has 3 N–H and O–H groups in total. The zero-order valence-electron chi connectivity index (χ0n) is 16.5. The predicted octanol–water partition coefficient (Wildman–Crippen LogP) is 0.171. The molecule has 2 heterocycles. The van der Waals surface area contributed by atoms with Gasteiger partial charge in [0.25, 0.3) is 0 Å². The minimum absolute atomic E-state index is 0.234. The van der Waals surface area contributed by atoms with Gasteiger partial charge in [0.2, 0.25) is 10.0 Å². The quantitative estimate of drug-likeness (QED) is 0.567. The minimum Gasteiger partial charge on any atom is -0.443 e. The number of piperazine rings is 1. The second-order valence-corrected chi connectivity index (χ2v) is 9.17. The van der Waals surface area contributed by atoms with Crippen molar-refractivity contribution in [1.29, 1.82) is 0 Å². The third kappa shape index (κ3) is 5.78. The van der Waals surface area contributed by atoms with Gasteiger partial charge in [0.05, 0.1) is 24.2 Å². The van der Waals surface area contributed by atoms with Crippen molar-refractivity contribution in [3.8, 4) is 0 Å². The maximum Gasteiger partial charge on any atom is 0.414 e. The summed E-state index contributed by atoms with van der Waals surface area (Å²) in [4.78, 5) is 17.5. The van der Waals surface area contributed by atoms with E-state index in [1.165, 1.54) is 11.0 Å². The lowest BCUT2D eigenvalue weighted by molar-refractivity contribution is 0.145. The van der Waals surface area contributed by atoms with E-state index in [4.69, 9.17) is 10.5 Å². The Kier molecular flexibility index (Phi) is 6.93. The van der Waals surface area contributed by atoms with Crippen LogP contribution in [0.1, 0.15) is 6.42 Å². The number of carbonyl (C=O) groups is 1. The molecule has 2 aliphatic heterocycles. The number of benzene rings is 1. The molecule has 162 valence electrons. The van der Waals surface area contributed by atoms with Gasteiger partial charge in [-0.05, 0) is 31.2 Å². The third-order valence-electron chi connectivity index (χ3n) is 5.11. The monoisotopic (exact) mass is 429 g/mol. The molecule has 2 aliphatic rings. The molecule has 0 spiro atoms. The first-order chi connectivity index (χ1) is 13.8. The summed E-state index contributed by atoms with van der Waals surface area (Å²) in [5.74, 6) is -0.377. The number of hydrogen-bond acceptors (Lipinski definition) is 7. The fraction of sp³-hybridized carbons (Fsp3) is 0.611. The smallest absolute Gasteiger partial charge is 0.414 e. The molecule has 3 rings (SSSR count). The first kappa shape index (κ1) is 21.8. The summed E-state index contributed by atoms with van der Waals surface area (Å²) in [5, 5.41) is 0. The van der Waals surface area contributed by atoms with Crippen LogP contribution in [0.5, 0.6) is 0 Å². The minimum atomic E-state index is -3.15. The molecule has 0 radical (unpaired) electrons. The second-order valence-electron chi connectivity index (χ2n) is 7.34. The number of amides is 1. The highest BCUT2D eigenvalue weighted by molar-refractivity contribution is 7.88. The SMILES string of the molecule is CS(=O)(=O)NCCCN1CCN(c2ccc(N3CC(CN)OC3=O)cc2F)CC1. The molecule has 2 saturated heterocycles. The lowest BCUT2D eigenvalue weighted by atomic mass is 10.2. The molecule has 0 saturated carbocycles. The number of anilines is 2. The average Bonchev–Trinajstić information content (AvgIpc) is 3.06. The molecule has 1 aromatic carbocycles. The summed E-state index contributed by atoms with van der Waals surface area (Å²) in [6.45, 7) is 4.66. The fourth-order valence-electron chi connectivity index (χ4n) is 3.55. The van der Waals surface area contributed by atoms with Crippen LogP contribution in [0, 0.1) is 5.82 Å². The van der Waals surface area contributed by atoms with E-state index in [0.29, 0.717) is 37.6 Å². The van der Waals surface area contributed by atoms with Crippen LogP contribution in [-0.4, -0.2) is 84.1 Å². The molecule has 9 nitrogen and oxygen atoms in total. The number of ether oxygens (including phenoxy) is 1. The normalized spacial score (nSPS) is 20.9. The van der Waals surface area contributed by atoms with Crippen LogP contribution in [-0.2, 0) is 14.8 Å². The highest BCUT2D eigenvalue weighted by Gasteiger charge is 2.32. The zero-order valence-corrected chi connectivity index (χ0v) is 17.3. The largest absolute Gasteiger partial charge is 0.443 e. The maximum absolute atomic E-state index is 14.7. The van der Waals surface area contributed by atoms with Gasteiger partial charge in [-0.2, -0.15) is 0 Å². The average molecular weight is 430 g/mol. The topological polar surface area (TPSA) is 108 Å². The number of halogens is 1. The number of sulfonamides is 1. The van der Waals surface area contributed by atoms with Crippen molar-refractivity contribution in [2.24, 2.45) is 5.73 Å². The van der Waals surface area contributed by atoms with Gasteiger partial charge in [-0.25, -0.2) is 22.3 Å². The Labute approximate surface area is 170 Å². The van der Waals surface area contributed by atoms with Gasteiger partial charge in [-0.3, -0.25) is 9.80 Å². The number of rotatable bonds is 8. The van der Waals surface area contributed by atoms with Crippen molar-refractivity contribution in [3.05, 3.63) is 24.0 Å². The molecule has 0 bridgehead atoms. The van der Waals surface area contributed by atoms with E-state index in [1.807, 2.05) is 4.90 Å². The van der Waals surface area contributed by atoms with E-state index in [1.54, 1.807) is 12.1 Å². The van der Waals surface area contributed by atoms with E-state index in [2.05, 4.69) is 9.62 Å². The second kappa shape index (κ2) is 9.24. The number of carbonyl (C=O) groups excluding carboxylic acids is 1. The van der Waals surface area contributed by atoms with E-state index in [0.717, 1.165) is 32.3 Å². The van der Waals surface area contributed by atoms with E-state index in [9.17, 15) is 17.6 Å². The van der Waals surface area contributed by atoms with Gasteiger partial charge in [0.15, 0.2) is 0 Å².